The number of thiazole rings is 1. The molecule has 178 valence electrons. The molecule has 0 aliphatic carbocycles. The van der Waals surface area contributed by atoms with Gasteiger partial charge in [0.25, 0.3) is 0 Å². The van der Waals surface area contributed by atoms with Crippen LogP contribution in [0.4, 0.5) is 0 Å². The molecule has 3 aromatic rings. The summed E-state index contributed by atoms with van der Waals surface area (Å²) >= 11 is 4.82. The number of esters is 1. The van der Waals surface area contributed by atoms with Crippen molar-refractivity contribution >= 4 is 51.0 Å². The Balaban J connectivity index is 1.48. The first kappa shape index (κ1) is 25.9. The summed E-state index contributed by atoms with van der Waals surface area (Å²) in [5, 5.41) is 10.9. The number of hydrogen-bond donors (Lipinski definition) is 1. The number of para-hydroxylation sites is 1. The monoisotopic (exact) mass is 503 g/mol. The summed E-state index contributed by atoms with van der Waals surface area (Å²) in [6.07, 6.45) is 0. The van der Waals surface area contributed by atoms with Crippen molar-refractivity contribution in [1.82, 2.24) is 4.98 Å². The van der Waals surface area contributed by atoms with Crippen LogP contribution in [0.15, 0.2) is 40.7 Å². The summed E-state index contributed by atoms with van der Waals surface area (Å²) in [7, 11) is 0. The van der Waals surface area contributed by atoms with Crippen LogP contribution in [-0.2, 0) is 26.1 Å². The van der Waals surface area contributed by atoms with E-state index in [0.717, 1.165) is 26.5 Å². The van der Waals surface area contributed by atoms with Crippen LogP contribution >= 0.6 is 34.9 Å². The average Bonchev–Trinajstić information content (AvgIpc) is 3.13. The SMILES string of the molecule is CC(C)(C)c1cc(CSCC(=O)OCCSc2nc3ccccc3s2)cc(C(C)(C)C)c1O. The normalized spacial score (nSPS) is 12.3. The summed E-state index contributed by atoms with van der Waals surface area (Å²) < 4.78 is 7.58. The van der Waals surface area contributed by atoms with Gasteiger partial charge in [0.1, 0.15) is 12.4 Å². The number of rotatable bonds is 8. The molecule has 1 N–H and O–H groups in total. The minimum atomic E-state index is -0.198. The maximum Gasteiger partial charge on any atom is 0.315 e. The second kappa shape index (κ2) is 10.7. The van der Waals surface area contributed by atoms with Gasteiger partial charge in [-0.2, -0.15) is 0 Å². The van der Waals surface area contributed by atoms with Gasteiger partial charge in [-0.1, -0.05) is 77.6 Å². The molecule has 1 heterocycles. The Morgan fingerprint density at radius 1 is 1.06 bits per heavy atom. The quantitative estimate of drug-likeness (QED) is 0.200. The Kier molecular flexibility index (Phi) is 8.40. The van der Waals surface area contributed by atoms with Gasteiger partial charge in [-0.05, 0) is 39.7 Å². The fourth-order valence-corrected chi connectivity index (χ4v) is 6.12. The molecule has 0 amide bonds. The standard InChI is InChI=1S/C26H33NO3S3/c1-25(2,3)18-13-17(14-19(23(18)29)26(4,5)6)15-31-16-22(28)30-11-12-32-24-27-20-9-7-8-10-21(20)33-24/h7-10,13-14,29H,11-12,15-16H2,1-6H3. The Hall–Kier alpha value is -1.70. The first-order valence-corrected chi connectivity index (χ1v) is 14.0. The lowest BCUT2D eigenvalue weighted by molar-refractivity contribution is -0.139. The predicted molar refractivity (Wildman–Crippen MR) is 143 cm³/mol. The molecule has 33 heavy (non-hydrogen) atoms. The highest BCUT2D eigenvalue weighted by molar-refractivity contribution is 8.01. The van der Waals surface area contributed by atoms with Gasteiger partial charge in [-0.25, -0.2) is 4.98 Å². The van der Waals surface area contributed by atoms with Crippen LogP contribution in [0, 0.1) is 0 Å². The van der Waals surface area contributed by atoms with Crippen molar-refractivity contribution in [3.63, 3.8) is 0 Å². The highest BCUT2D eigenvalue weighted by Gasteiger charge is 2.26. The van der Waals surface area contributed by atoms with Gasteiger partial charge < -0.3 is 9.84 Å². The van der Waals surface area contributed by atoms with Crippen molar-refractivity contribution in [2.75, 3.05) is 18.1 Å². The molecule has 0 spiro atoms. The van der Waals surface area contributed by atoms with Crippen LogP contribution in [0.2, 0.25) is 0 Å². The number of fused-ring (bicyclic) bond motifs is 1. The lowest BCUT2D eigenvalue weighted by Crippen LogP contribution is -2.18. The number of phenolic OH excluding ortho intramolecular Hbond substituents is 1. The smallest absolute Gasteiger partial charge is 0.315 e. The van der Waals surface area contributed by atoms with Gasteiger partial charge in [0.05, 0.1) is 16.0 Å². The van der Waals surface area contributed by atoms with Gasteiger partial charge in [0.15, 0.2) is 4.34 Å². The Morgan fingerprint density at radius 2 is 1.70 bits per heavy atom. The van der Waals surface area contributed by atoms with E-state index in [2.05, 4.69) is 64.7 Å². The number of ether oxygens (including phenoxy) is 1. The average molecular weight is 504 g/mol. The maximum absolute atomic E-state index is 12.2. The van der Waals surface area contributed by atoms with E-state index in [9.17, 15) is 9.90 Å². The molecule has 3 rings (SSSR count). The molecule has 1 aromatic heterocycles. The van der Waals surface area contributed by atoms with Crippen molar-refractivity contribution in [2.45, 2.75) is 62.5 Å². The summed E-state index contributed by atoms with van der Waals surface area (Å²) in [6.45, 7) is 13.0. The number of nitrogens with zero attached hydrogens (tertiary/aromatic N) is 1. The topological polar surface area (TPSA) is 59.4 Å². The molecule has 0 saturated carbocycles. The first-order chi connectivity index (χ1) is 15.4. The van der Waals surface area contributed by atoms with E-state index < -0.39 is 0 Å². The Bertz CT molecular complexity index is 1040. The Morgan fingerprint density at radius 3 is 2.30 bits per heavy atom. The second-order valence-corrected chi connectivity index (χ2v) is 13.4. The van der Waals surface area contributed by atoms with E-state index >= 15 is 0 Å². The number of carbonyl (C=O) groups excluding carboxylic acids is 1. The third kappa shape index (κ3) is 7.14. The zero-order valence-electron chi connectivity index (χ0n) is 20.2. The molecule has 0 aliphatic rings. The highest BCUT2D eigenvalue weighted by Crippen LogP contribution is 2.40. The fourth-order valence-electron chi connectivity index (χ4n) is 3.41. The zero-order valence-corrected chi connectivity index (χ0v) is 22.7. The van der Waals surface area contributed by atoms with Gasteiger partial charge in [0, 0.05) is 11.5 Å². The van der Waals surface area contributed by atoms with Crippen molar-refractivity contribution < 1.29 is 14.6 Å². The van der Waals surface area contributed by atoms with Crippen LogP contribution < -0.4 is 0 Å². The number of aromatic hydroxyl groups is 1. The van der Waals surface area contributed by atoms with Crippen LogP contribution in [0.1, 0.15) is 58.2 Å². The molecule has 0 radical (unpaired) electrons. The molecule has 0 saturated heterocycles. The third-order valence-corrected chi connectivity index (χ3v) is 8.24. The van der Waals surface area contributed by atoms with E-state index in [1.54, 1.807) is 34.9 Å². The number of aromatic nitrogens is 1. The molecule has 0 fully saturated rings. The summed E-state index contributed by atoms with van der Waals surface area (Å²) in [5.74, 6) is 1.88. The van der Waals surface area contributed by atoms with Gasteiger partial charge in [-0.15, -0.1) is 23.1 Å². The molecule has 4 nitrogen and oxygen atoms in total. The van der Waals surface area contributed by atoms with Crippen molar-refractivity contribution in [3.05, 3.63) is 53.1 Å². The fraction of sp³-hybridized carbons (Fsp3) is 0.462. The van der Waals surface area contributed by atoms with Crippen LogP contribution in [0.25, 0.3) is 10.2 Å². The van der Waals surface area contributed by atoms with E-state index in [1.807, 2.05) is 18.2 Å². The first-order valence-electron chi connectivity index (χ1n) is 11.0. The molecule has 2 aromatic carbocycles. The summed E-state index contributed by atoms with van der Waals surface area (Å²) in [4.78, 5) is 16.8. The minimum Gasteiger partial charge on any atom is -0.507 e. The molecule has 0 bridgehead atoms. The van der Waals surface area contributed by atoms with Crippen LogP contribution in [0.5, 0.6) is 5.75 Å². The summed E-state index contributed by atoms with van der Waals surface area (Å²) in [6, 6.07) is 12.2. The molecule has 7 heteroatoms. The van der Waals surface area contributed by atoms with E-state index in [-0.39, 0.29) is 16.8 Å². The molecule has 0 aliphatic heterocycles. The van der Waals surface area contributed by atoms with Crippen molar-refractivity contribution in [3.8, 4) is 5.75 Å². The number of phenols is 1. The largest absolute Gasteiger partial charge is 0.507 e. The van der Waals surface area contributed by atoms with Crippen LogP contribution in [0.3, 0.4) is 0 Å². The minimum absolute atomic E-state index is 0.162. The van der Waals surface area contributed by atoms with E-state index in [0.29, 0.717) is 29.6 Å². The second-order valence-electron chi connectivity index (χ2n) is 10.0. The van der Waals surface area contributed by atoms with Gasteiger partial charge in [0.2, 0.25) is 0 Å². The number of carbonyl (C=O) groups is 1. The third-order valence-electron chi connectivity index (χ3n) is 5.12. The zero-order chi connectivity index (χ0) is 24.2. The highest BCUT2D eigenvalue weighted by atomic mass is 32.2. The number of hydrogen-bond acceptors (Lipinski definition) is 7. The van der Waals surface area contributed by atoms with Crippen molar-refractivity contribution in [2.24, 2.45) is 0 Å². The van der Waals surface area contributed by atoms with E-state index in [4.69, 9.17) is 4.74 Å². The number of benzene rings is 2. The summed E-state index contributed by atoms with van der Waals surface area (Å²) in [5.41, 5.74) is 3.69. The lowest BCUT2D eigenvalue weighted by atomic mass is 9.78. The maximum atomic E-state index is 12.2. The van der Waals surface area contributed by atoms with Gasteiger partial charge in [-0.3, -0.25) is 4.79 Å². The molecular weight excluding hydrogens is 470 g/mol. The lowest BCUT2D eigenvalue weighted by Gasteiger charge is -2.28. The Labute approximate surface area is 209 Å². The van der Waals surface area contributed by atoms with Crippen LogP contribution in [-0.4, -0.2) is 34.2 Å². The van der Waals surface area contributed by atoms with E-state index in [1.165, 1.54) is 4.70 Å². The predicted octanol–water partition coefficient (Wildman–Crippen LogP) is 7.17. The molecule has 0 atom stereocenters. The van der Waals surface area contributed by atoms with Crippen molar-refractivity contribution in [1.29, 1.82) is 0 Å². The van der Waals surface area contributed by atoms with Gasteiger partial charge >= 0.3 is 5.97 Å². The molecule has 0 unspecified atom stereocenters. The number of thioether (sulfide) groups is 2. The molecular formula is C26H33NO3S3.